The van der Waals surface area contributed by atoms with Gasteiger partial charge in [0.1, 0.15) is 11.3 Å². The highest BCUT2D eigenvalue weighted by Crippen LogP contribution is 2.23. The fourth-order valence-electron chi connectivity index (χ4n) is 2.14. The molecular formula is C16H13ClN2O5S. The van der Waals surface area contributed by atoms with Crippen LogP contribution in [0.25, 0.3) is 11.0 Å². The summed E-state index contributed by atoms with van der Waals surface area (Å²) in [6.45, 7) is 0. The van der Waals surface area contributed by atoms with Gasteiger partial charge in [-0.1, -0.05) is 29.8 Å². The molecule has 2 N–H and O–H groups in total. The summed E-state index contributed by atoms with van der Waals surface area (Å²) in [7, 11) is -2.65. The number of hydrazine groups is 1. The average Bonchev–Trinajstić information content (AvgIpc) is 3.03. The second-order valence-corrected chi connectivity index (χ2v) is 7.15. The van der Waals surface area contributed by atoms with Crippen LogP contribution >= 0.6 is 11.6 Å². The molecule has 1 heterocycles. The maximum Gasteiger partial charge on any atom is 0.301 e. The van der Waals surface area contributed by atoms with E-state index in [0.717, 1.165) is 5.39 Å². The first-order valence-electron chi connectivity index (χ1n) is 7.04. The van der Waals surface area contributed by atoms with Gasteiger partial charge in [0.15, 0.2) is 5.76 Å². The Morgan fingerprint density at radius 1 is 1.16 bits per heavy atom. The van der Waals surface area contributed by atoms with Gasteiger partial charge < -0.3 is 9.15 Å². The number of methoxy groups -OCH3 is 1. The van der Waals surface area contributed by atoms with Gasteiger partial charge in [0.2, 0.25) is 0 Å². The first-order valence-corrected chi connectivity index (χ1v) is 8.90. The predicted molar refractivity (Wildman–Crippen MR) is 92.0 cm³/mol. The Kier molecular flexibility index (Phi) is 4.67. The lowest BCUT2D eigenvalue weighted by molar-refractivity contribution is 0.0919. The van der Waals surface area contributed by atoms with Crippen molar-refractivity contribution in [2.24, 2.45) is 0 Å². The van der Waals surface area contributed by atoms with Gasteiger partial charge in [-0.2, -0.15) is 0 Å². The Morgan fingerprint density at radius 2 is 1.92 bits per heavy atom. The number of hydrogen-bond acceptors (Lipinski definition) is 5. The summed E-state index contributed by atoms with van der Waals surface area (Å²) in [6, 6.07) is 12.5. The molecule has 3 rings (SSSR count). The molecule has 0 spiro atoms. The molecule has 0 aliphatic carbocycles. The van der Waals surface area contributed by atoms with E-state index in [1.165, 1.54) is 31.4 Å². The van der Waals surface area contributed by atoms with Gasteiger partial charge in [0.25, 0.3) is 10.0 Å². The van der Waals surface area contributed by atoms with Crippen LogP contribution in [0.4, 0.5) is 0 Å². The number of benzene rings is 2. The van der Waals surface area contributed by atoms with E-state index in [1.807, 2.05) is 4.83 Å². The molecule has 0 atom stereocenters. The molecule has 1 aromatic heterocycles. The van der Waals surface area contributed by atoms with Crippen LogP contribution in [0.15, 0.2) is 57.8 Å². The van der Waals surface area contributed by atoms with Crippen LogP contribution in [0.2, 0.25) is 5.02 Å². The Bertz CT molecular complexity index is 1010. The lowest BCUT2D eigenvalue weighted by Crippen LogP contribution is -2.41. The SMILES string of the molecule is COc1cc(Cl)cc(S(=O)(=O)NNC(=O)c2cc3ccccc3o2)c1. The topological polar surface area (TPSA) is 97.6 Å². The summed E-state index contributed by atoms with van der Waals surface area (Å²) in [4.78, 5) is 13.9. The summed E-state index contributed by atoms with van der Waals surface area (Å²) < 4.78 is 34.9. The summed E-state index contributed by atoms with van der Waals surface area (Å²) in [5.41, 5.74) is 2.62. The van der Waals surface area contributed by atoms with Crippen molar-refractivity contribution in [2.45, 2.75) is 4.90 Å². The molecule has 0 bridgehead atoms. The van der Waals surface area contributed by atoms with E-state index < -0.39 is 15.9 Å². The normalized spacial score (nSPS) is 11.4. The Labute approximate surface area is 148 Å². The predicted octanol–water partition coefficient (Wildman–Crippen LogP) is 2.72. The zero-order valence-electron chi connectivity index (χ0n) is 12.9. The lowest BCUT2D eigenvalue weighted by Gasteiger charge is -2.09. The van der Waals surface area contributed by atoms with Crippen molar-refractivity contribution in [3.8, 4) is 5.75 Å². The minimum absolute atomic E-state index is 0.0208. The van der Waals surface area contributed by atoms with Gasteiger partial charge in [0, 0.05) is 16.5 Å². The second kappa shape index (κ2) is 6.75. The summed E-state index contributed by atoms with van der Waals surface area (Å²) in [6.07, 6.45) is 0. The molecule has 0 aliphatic rings. The molecule has 1 amide bonds. The van der Waals surface area contributed by atoms with Gasteiger partial charge in [-0.25, -0.2) is 8.42 Å². The Hall–Kier alpha value is -2.55. The summed E-state index contributed by atoms with van der Waals surface area (Å²) in [5, 5.41) is 0.915. The highest BCUT2D eigenvalue weighted by atomic mass is 35.5. The maximum atomic E-state index is 12.3. The van der Waals surface area contributed by atoms with Gasteiger partial charge in [-0.3, -0.25) is 10.2 Å². The number of amides is 1. The number of para-hydroxylation sites is 1. The monoisotopic (exact) mass is 380 g/mol. The smallest absolute Gasteiger partial charge is 0.301 e. The number of carbonyl (C=O) groups excluding carboxylic acids is 1. The third-order valence-electron chi connectivity index (χ3n) is 3.34. The van der Waals surface area contributed by atoms with E-state index in [1.54, 1.807) is 24.3 Å². The molecule has 0 unspecified atom stereocenters. The van der Waals surface area contributed by atoms with Crippen molar-refractivity contribution >= 4 is 38.5 Å². The van der Waals surface area contributed by atoms with Crippen LogP contribution in [0.3, 0.4) is 0 Å². The number of furan rings is 1. The van der Waals surface area contributed by atoms with Crippen LogP contribution in [0, 0.1) is 0 Å². The standard InChI is InChI=1S/C16H13ClN2O5S/c1-23-12-7-11(17)8-13(9-12)25(21,22)19-18-16(20)15-6-10-4-2-3-5-14(10)24-15/h2-9,19H,1H3,(H,18,20). The van der Waals surface area contributed by atoms with Crippen LogP contribution in [0.1, 0.15) is 10.6 Å². The van der Waals surface area contributed by atoms with Gasteiger partial charge in [0.05, 0.1) is 12.0 Å². The zero-order chi connectivity index (χ0) is 18.0. The van der Waals surface area contributed by atoms with Crippen molar-refractivity contribution in [2.75, 3.05) is 7.11 Å². The minimum atomic E-state index is -4.04. The van der Waals surface area contributed by atoms with E-state index in [4.69, 9.17) is 20.8 Å². The van der Waals surface area contributed by atoms with E-state index in [-0.39, 0.29) is 21.4 Å². The minimum Gasteiger partial charge on any atom is -0.497 e. The molecule has 0 saturated carbocycles. The summed E-state index contributed by atoms with van der Waals surface area (Å²) in [5.74, 6) is -0.474. The number of hydrogen-bond donors (Lipinski definition) is 2. The molecule has 130 valence electrons. The van der Waals surface area contributed by atoms with E-state index in [9.17, 15) is 13.2 Å². The first kappa shape index (κ1) is 17.3. The summed E-state index contributed by atoms with van der Waals surface area (Å²) >= 11 is 5.86. The molecule has 3 aromatic rings. The number of nitrogens with one attached hydrogen (secondary N) is 2. The quantitative estimate of drug-likeness (QED) is 0.663. The van der Waals surface area contributed by atoms with E-state index in [0.29, 0.717) is 5.58 Å². The molecule has 0 fully saturated rings. The fourth-order valence-corrected chi connectivity index (χ4v) is 3.33. The molecule has 2 aromatic carbocycles. The number of rotatable bonds is 5. The van der Waals surface area contributed by atoms with Crippen LogP contribution in [0.5, 0.6) is 5.75 Å². The molecule has 25 heavy (non-hydrogen) atoms. The number of sulfonamides is 1. The molecular weight excluding hydrogens is 368 g/mol. The van der Waals surface area contributed by atoms with E-state index >= 15 is 0 Å². The average molecular weight is 381 g/mol. The Balaban J connectivity index is 1.77. The second-order valence-electron chi connectivity index (χ2n) is 5.03. The zero-order valence-corrected chi connectivity index (χ0v) is 14.5. The van der Waals surface area contributed by atoms with Crippen molar-refractivity contribution in [3.63, 3.8) is 0 Å². The maximum absolute atomic E-state index is 12.3. The lowest BCUT2D eigenvalue weighted by atomic mass is 10.2. The van der Waals surface area contributed by atoms with Crippen molar-refractivity contribution < 1.29 is 22.4 Å². The van der Waals surface area contributed by atoms with Crippen LogP contribution < -0.4 is 15.0 Å². The fraction of sp³-hybridized carbons (Fsp3) is 0.0625. The molecule has 7 nitrogen and oxygen atoms in total. The number of carbonyl (C=O) groups is 1. The molecule has 9 heteroatoms. The first-order chi connectivity index (χ1) is 11.9. The molecule has 0 radical (unpaired) electrons. The van der Waals surface area contributed by atoms with Crippen LogP contribution in [-0.2, 0) is 10.0 Å². The van der Waals surface area contributed by atoms with Crippen molar-refractivity contribution in [3.05, 3.63) is 59.3 Å². The molecule has 0 aliphatic heterocycles. The van der Waals surface area contributed by atoms with Gasteiger partial charge >= 0.3 is 5.91 Å². The van der Waals surface area contributed by atoms with Gasteiger partial charge in [-0.15, -0.1) is 4.83 Å². The number of ether oxygens (including phenoxy) is 1. The molecule has 0 saturated heterocycles. The van der Waals surface area contributed by atoms with E-state index in [2.05, 4.69) is 5.43 Å². The highest BCUT2D eigenvalue weighted by molar-refractivity contribution is 7.89. The van der Waals surface area contributed by atoms with Crippen molar-refractivity contribution in [1.82, 2.24) is 10.3 Å². The highest BCUT2D eigenvalue weighted by Gasteiger charge is 2.19. The number of halogens is 1. The third-order valence-corrected chi connectivity index (χ3v) is 4.78. The van der Waals surface area contributed by atoms with Crippen molar-refractivity contribution in [1.29, 1.82) is 0 Å². The van der Waals surface area contributed by atoms with Crippen LogP contribution in [-0.4, -0.2) is 21.4 Å². The largest absolute Gasteiger partial charge is 0.497 e. The number of fused-ring (bicyclic) bond motifs is 1. The van der Waals surface area contributed by atoms with Gasteiger partial charge in [-0.05, 0) is 24.3 Å². The third kappa shape index (κ3) is 3.76. The Morgan fingerprint density at radius 3 is 2.64 bits per heavy atom.